The highest BCUT2D eigenvalue weighted by molar-refractivity contribution is 6.34. The van der Waals surface area contributed by atoms with Crippen LogP contribution in [0.2, 0.25) is 5.02 Å². The van der Waals surface area contributed by atoms with Crippen molar-refractivity contribution in [2.24, 2.45) is 0 Å². The number of anilines is 1. The Morgan fingerprint density at radius 1 is 1.39 bits per heavy atom. The summed E-state index contributed by atoms with van der Waals surface area (Å²) in [7, 11) is 0. The van der Waals surface area contributed by atoms with Crippen LogP contribution in [-0.4, -0.2) is 34.9 Å². The summed E-state index contributed by atoms with van der Waals surface area (Å²) in [6, 6.07) is 7.16. The van der Waals surface area contributed by atoms with Crippen molar-refractivity contribution in [3.63, 3.8) is 0 Å². The summed E-state index contributed by atoms with van der Waals surface area (Å²) in [6.07, 6.45) is 1.03. The first-order valence-electron chi connectivity index (χ1n) is 7.53. The van der Waals surface area contributed by atoms with Crippen molar-refractivity contribution in [2.45, 2.75) is 25.4 Å². The molecular formula is C16H18ClFN4O. The third-order valence-electron chi connectivity index (χ3n) is 3.95. The molecule has 5 nitrogen and oxygen atoms in total. The first kappa shape index (κ1) is 16.0. The van der Waals surface area contributed by atoms with Crippen molar-refractivity contribution >= 4 is 23.2 Å². The molecular weight excluding hydrogens is 319 g/mol. The number of carbonyl (C=O) groups is 1. The highest BCUT2D eigenvalue weighted by Crippen LogP contribution is 2.24. The normalized spacial score (nSPS) is 16.0. The molecule has 1 saturated heterocycles. The number of aromatic amines is 1. The molecule has 0 spiro atoms. The fraction of sp³-hybridized carbons (Fsp3) is 0.375. The average Bonchev–Trinajstić information content (AvgIpc) is 2.88. The first-order chi connectivity index (χ1) is 11.0. The Hall–Kier alpha value is -1.92. The van der Waals surface area contributed by atoms with Crippen LogP contribution in [0.15, 0.2) is 24.3 Å². The summed E-state index contributed by atoms with van der Waals surface area (Å²) in [6.45, 7) is 2.70. The summed E-state index contributed by atoms with van der Waals surface area (Å²) in [5.74, 6) is -0.347. The largest absolute Gasteiger partial charge is 0.321 e. The molecule has 1 fully saturated rings. The quantitative estimate of drug-likeness (QED) is 0.786. The van der Waals surface area contributed by atoms with Crippen LogP contribution in [0.25, 0.3) is 0 Å². The summed E-state index contributed by atoms with van der Waals surface area (Å²) in [5.41, 5.74) is 1.29. The maximum absolute atomic E-state index is 14.0. The lowest BCUT2D eigenvalue weighted by Gasteiger charge is -2.35. The Labute approximate surface area is 138 Å². The molecule has 0 atom stereocenters. The first-order valence-corrected chi connectivity index (χ1v) is 7.91. The number of aryl methyl sites for hydroxylation is 1. The van der Waals surface area contributed by atoms with Crippen molar-refractivity contribution < 1.29 is 9.18 Å². The fourth-order valence-corrected chi connectivity index (χ4v) is 2.84. The number of hydrogen-bond acceptors (Lipinski definition) is 3. The molecule has 3 rings (SSSR count). The van der Waals surface area contributed by atoms with Gasteiger partial charge in [-0.2, -0.15) is 5.10 Å². The second kappa shape index (κ2) is 6.29. The molecule has 0 aliphatic carbocycles. The molecule has 0 radical (unpaired) electrons. The van der Waals surface area contributed by atoms with Gasteiger partial charge >= 0.3 is 0 Å². The van der Waals surface area contributed by atoms with E-state index >= 15 is 0 Å². The number of benzene rings is 1. The van der Waals surface area contributed by atoms with Crippen LogP contribution in [0.3, 0.4) is 0 Å². The van der Waals surface area contributed by atoms with Gasteiger partial charge in [-0.1, -0.05) is 30.7 Å². The molecule has 1 aromatic heterocycles. The Bertz CT molecular complexity index is 709. The second-order valence-electron chi connectivity index (χ2n) is 5.80. The molecule has 2 aromatic rings. The minimum atomic E-state index is -1.15. The molecule has 0 unspecified atom stereocenters. The molecule has 1 amide bonds. The van der Waals surface area contributed by atoms with E-state index in [0.717, 1.165) is 5.56 Å². The molecule has 122 valence electrons. The zero-order chi connectivity index (χ0) is 16.4. The van der Waals surface area contributed by atoms with Crippen molar-refractivity contribution in [3.8, 4) is 0 Å². The lowest BCUT2D eigenvalue weighted by molar-refractivity contribution is 0.0911. The predicted molar refractivity (Wildman–Crippen MR) is 87.8 cm³/mol. The Morgan fingerprint density at radius 3 is 2.61 bits per heavy atom. The van der Waals surface area contributed by atoms with E-state index in [1.165, 1.54) is 0 Å². The van der Waals surface area contributed by atoms with Crippen molar-refractivity contribution in [3.05, 3.63) is 46.2 Å². The van der Waals surface area contributed by atoms with Crippen LogP contribution in [0.5, 0.6) is 0 Å². The van der Waals surface area contributed by atoms with Gasteiger partial charge in [-0.3, -0.25) is 9.89 Å². The van der Waals surface area contributed by atoms with Gasteiger partial charge in [0.2, 0.25) is 0 Å². The summed E-state index contributed by atoms with van der Waals surface area (Å²) >= 11 is 6.10. The van der Waals surface area contributed by atoms with Gasteiger partial charge in [-0.25, -0.2) is 4.39 Å². The van der Waals surface area contributed by atoms with Gasteiger partial charge in [0.25, 0.3) is 5.91 Å². The number of H-pyrrole nitrogens is 1. The lowest BCUT2D eigenvalue weighted by Crippen LogP contribution is -2.57. The Kier molecular flexibility index (Phi) is 4.37. The van der Waals surface area contributed by atoms with E-state index in [1.54, 1.807) is 12.1 Å². The minimum absolute atomic E-state index is 0.246. The lowest BCUT2D eigenvalue weighted by atomic mass is 9.91. The van der Waals surface area contributed by atoms with Crippen LogP contribution >= 0.6 is 11.6 Å². The highest BCUT2D eigenvalue weighted by Gasteiger charge is 2.36. The molecule has 0 bridgehead atoms. The number of carbonyl (C=O) groups excluding carboxylic acids is 1. The number of hydrogen-bond donors (Lipinski definition) is 3. The zero-order valence-corrected chi connectivity index (χ0v) is 13.5. The van der Waals surface area contributed by atoms with Crippen LogP contribution in [0, 0.1) is 0 Å². The Morgan fingerprint density at radius 2 is 2.09 bits per heavy atom. The van der Waals surface area contributed by atoms with Crippen LogP contribution in [0.4, 0.5) is 10.1 Å². The maximum Gasteiger partial charge on any atom is 0.275 e. The smallest absolute Gasteiger partial charge is 0.275 e. The van der Waals surface area contributed by atoms with Gasteiger partial charge in [0.05, 0.1) is 10.7 Å². The highest BCUT2D eigenvalue weighted by atomic mass is 35.5. The van der Waals surface area contributed by atoms with E-state index in [9.17, 15) is 9.18 Å². The molecule has 1 aromatic carbocycles. The number of aromatic nitrogens is 2. The average molecular weight is 337 g/mol. The molecule has 23 heavy (non-hydrogen) atoms. The molecule has 0 saturated carbocycles. The predicted octanol–water partition coefficient (Wildman–Crippen LogP) is 2.73. The third-order valence-corrected chi connectivity index (χ3v) is 4.36. The van der Waals surface area contributed by atoms with E-state index in [4.69, 9.17) is 11.6 Å². The van der Waals surface area contributed by atoms with E-state index < -0.39 is 5.67 Å². The van der Waals surface area contributed by atoms with Gasteiger partial charge in [0.15, 0.2) is 0 Å². The minimum Gasteiger partial charge on any atom is -0.321 e. The molecule has 3 N–H and O–H groups in total. The van der Waals surface area contributed by atoms with Crippen molar-refractivity contribution in [1.29, 1.82) is 0 Å². The topological polar surface area (TPSA) is 69.8 Å². The molecule has 2 heterocycles. The standard InChI is InChI=1S/C16H18ClFN4O/c1-2-12-13(17)14(22-21-12)15(23)20-11-5-3-10(4-6-11)7-16(18)8-19-9-16/h3-6,19H,2,7-9H2,1H3,(H,20,23)(H,21,22). The number of rotatable bonds is 5. The van der Waals surface area contributed by atoms with E-state index in [1.807, 2.05) is 19.1 Å². The molecule has 1 aliphatic rings. The second-order valence-corrected chi connectivity index (χ2v) is 6.17. The van der Waals surface area contributed by atoms with Crippen LogP contribution in [0.1, 0.15) is 28.7 Å². The monoisotopic (exact) mass is 336 g/mol. The number of amides is 1. The number of nitrogens with one attached hydrogen (secondary N) is 3. The van der Waals surface area contributed by atoms with Gasteiger partial charge in [0.1, 0.15) is 11.4 Å². The van der Waals surface area contributed by atoms with Crippen molar-refractivity contribution in [1.82, 2.24) is 15.5 Å². The van der Waals surface area contributed by atoms with Gasteiger partial charge < -0.3 is 10.6 Å². The third kappa shape index (κ3) is 3.38. The SMILES string of the molecule is CCc1n[nH]c(C(=O)Nc2ccc(CC3(F)CNC3)cc2)c1Cl. The van der Waals surface area contributed by atoms with Gasteiger partial charge in [-0.05, 0) is 24.1 Å². The number of halogens is 2. The summed E-state index contributed by atoms with van der Waals surface area (Å²) in [4.78, 5) is 12.2. The van der Waals surface area contributed by atoms with E-state index in [0.29, 0.717) is 42.3 Å². The van der Waals surface area contributed by atoms with Crippen LogP contribution < -0.4 is 10.6 Å². The summed E-state index contributed by atoms with van der Waals surface area (Å²) in [5, 5.41) is 12.7. The molecule has 7 heteroatoms. The van der Waals surface area contributed by atoms with Crippen molar-refractivity contribution in [2.75, 3.05) is 18.4 Å². The Balaban J connectivity index is 1.65. The van der Waals surface area contributed by atoms with Gasteiger partial charge in [0, 0.05) is 25.2 Å². The maximum atomic E-state index is 14.0. The van der Waals surface area contributed by atoms with E-state index in [-0.39, 0.29) is 11.6 Å². The van der Waals surface area contributed by atoms with Gasteiger partial charge in [-0.15, -0.1) is 0 Å². The fourth-order valence-electron chi connectivity index (χ4n) is 2.54. The van der Waals surface area contributed by atoms with E-state index in [2.05, 4.69) is 20.8 Å². The summed E-state index contributed by atoms with van der Waals surface area (Å²) < 4.78 is 14.0. The van der Waals surface area contributed by atoms with Crippen LogP contribution in [-0.2, 0) is 12.8 Å². The molecule has 1 aliphatic heterocycles. The number of alkyl halides is 1. The number of nitrogens with zero attached hydrogens (tertiary/aromatic N) is 1. The zero-order valence-electron chi connectivity index (χ0n) is 12.7.